The van der Waals surface area contributed by atoms with Crippen molar-refractivity contribution in [1.29, 1.82) is 0 Å². The van der Waals surface area contributed by atoms with Crippen LogP contribution in [-0.4, -0.2) is 69.7 Å². The lowest BCUT2D eigenvalue weighted by molar-refractivity contribution is -0.119. The maximum Gasteiger partial charge on any atom is 0.230 e. The number of aromatic nitrogens is 3. The van der Waals surface area contributed by atoms with Crippen molar-refractivity contribution in [3.63, 3.8) is 0 Å². The van der Waals surface area contributed by atoms with E-state index in [2.05, 4.69) is 57.9 Å². The van der Waals surface area contributed by atoms with E-state index in [1.54, 1.807) is 0 Å². The molecule has 7 nitrogen and oxygen atoms in total. The molecule has 0 spiro atoms. The van der Waals surface area contributed by atoms with Crippen LogP contribution in [0.5, 0.6) is 0 Å². The molecule has 0 unspecified atom stereocenters. The third-order valence-electron chi connectivity index (χ3n) is 5.23. The number of benzene rings is 1. The highest BCUT2D eigenvalue weighted by Gasteiger charge is 2.28. The van der Waals surface area contributed by atoms with Gasteiger partial charge in [0.1, 0.15) is 5.82 Å². The fourth-order valence-corrected chi connectivity index (χ4v) is 4.28. The van der Waals surface area contributed by atoms with Crippen molar-refractivity contribution in [2.24, 2.45) is 0 Å². The van der Waals surface area contributed by atoms with E-state index in [1.807, 2.05) is 18.2 Å². The molecule has 0 saturated carbocycles. The number of ether oxygens (including phenoxy) is 1. The average molecular weight is 418 g/mol. The minimum atomic E-state index is -0.0869. The number of nitrogens with one attached hydrogen (secondary N) is 1. The van der Waals surface area contributed by atoms with Gasteiger partial charge in [-0.2, -0.15) is 0 Å². The number of morpholine rings is 1. The van der Waals surface area contributed by atoms with E-state index in [-0.39, 0.29) is 11.4 Å². The van der Waals surface area contributed by atoms with Gasteiger partial charge in [0.25, 0.3) is 0 Å². The number of nitrogens with zero attached hydrogens (tertiary/aromatic N) is 4. The smallest absolute Gasteiger partial charge is 0.230 e. The Morgan fingerprint density at radius 2 is 1.93 bits per heavy atom. The molecule has 29 heavy (non-hydrogen) atoms. The first kappa shape index (κ1) is 21.8. The Morgan fingerprint density at radius 1 is 1.21 bits per heavy atom. The second-order valence-electron chi connectivity index (χ2n) is 7.78. The summed E-state index contributed by atoms with van der Waals surface area (Å²) in [4.78, 5) is 14.8. The summed E-state index contributed by atoms with van der Waals surface area (Å²) in [6.45, 7) is 11.1. The molecule has 0 radical (unpaired) electrons. The Bertz CT molecular complexity index is 788. The van der Waals surface area contributed by atoms with Crippen LogP contribution < -0.4 is 5.32 Å². The maximum absolute atomic E-state index is 12.4. The Hall–Kier alpha value is -1.90. The predicted molar refractivity (Wildman–Crippen MR) is 115 cm³/mol. The molecule has 1 amide bonds. The monoisotopic (exact) mass is 417 g/mol. The molecule has 158 valence electrons. The van der Waals surface area contributed by atoms with Crippen LogP contribution in [0.2, 0.25) is 0 Å². The van der Waals surface area contributed by atoms with Crippen molar-refractivity contribution < 1.29 is 9.53 Å². The highest BCUT2D eigenvalue weighted by molar-refractivity contribution is 7.99. The molecule has 1 saturated heterocycles. The predicted octanol–water partition coefficient (Wildman–Crippen LogP) is 2.21. The number of thioether (sulfide) groups is 1. The fourth-order valence-electron chi connectivity index (χ4n) is 3.43. The lowest BCUT2D eigenvalue weighted by Crippen LogP contribution is -2.55. The summed E-state index contributed by atoms with van der Waals surface area (Å²) in [6.07, 6.45) is 0.738. The van der Waals surface area contributed by atoms with E-state index in [1.165, 1.54) is 17.3 Å². The molecule has 0 bridgehead atoms. The van der Waals surface area contributed by atoms with Crippen molar-refractivity contribution in [2.45, 2.75) is 44.4 Å². The highest BCUT2D eigenvalue weighted by atomic mass is 32.2. The molecule has 1 aliphatic rings. The summed E-state index contributed by atoms with van der Waals surface area (Å²) in [5, 5.41) is 12.5. The van der Waals surface area contributed by atoms with Crippen LogP contribution >= 0.6 is 11.8 Å². The van der Waals surface area contributed by atoms with Crippen LogP contribution in [0.25, 0.3) is 0 Å². The molecule has 8 heteroatoms. The van der Waals surface area contributed by atoms with Crippen LogP contribution in [-0.2, 0) is 22.5 Å². The first-order valence-electron chi connectivity index (χ1n) is 10.2. The number of rotatable bonds is 9. The summed E-state index contributed by atoms with van der Waals surface area (Å²) in [6, 6.07) is 10.2. The van der Waals surface area contributed by atoms with Crippen LogP contribution in [0.4, 0.5) is 0 Å². The molecule has 1 aliphatic heterocycles. The molecule has 2 heterocycles. The van der Waals surface area contributed by atoms with Gasteiger partial charge in [0, 0.05) is 38.1 Å². The summed E-state index contributed by atoms with van der Waals surface area (Å²) < 4.78 is 7.51. The van der Waals surface area contributed by atoms with Crippen molar-refractivity contribution in [3.05, 3.63) is 41.7 Å². The van der Waals surface area contributed by atoms with E-state index in [9.17, 15) is 4.79 Å². The SMILES string of the molecule is CCn1c(Cc2ccccc2)nnc1SCC(=O)NCC(C)(C)N1CCOCC1. The van der Waals surface area contributed by atoms with E-state index in [0.29, 0.717) is 12.3 Å². The number of hydrogen-bond acceptors (Lipinski definition) is 6. The normalized spacial score (nSPS) is 15.4. The van der Waals surface area contributed by atoms with Gasteiger partial charge in [-0.3, -0.25) is 9.69 Å². The fraction of sp³-hybridized carbons (Fsp3) is 0.571. The van der Waals surface area contributed by atoms with Gasteiger partial charge in [0.15, 0.2) is 5.16 Å². The van der Waals surface area contributed by atoms with E-state index >= 15 is 0 Å². The van der Waals surface area contributed by atoms with Gasteiger partial charge in [-0.05, 0) is 26.3 Å². The zero-order valence-corrected chi connectivity index (χ0v) is 18.4. The Labute approximate surface area is 177 Å². The highest BCUT2D eigenvalue weighted by Crippen LogP contribution is 2.19. The Balaban J connectivity index is 1.51. The molecular formula is C21H31N5O2S. The second-order valence-corrected chi connectivity index (χ2v) is 8.73. The third kappa shape index (κ3) is 6.04. The molecule has 0 aliphatic carbocycles. The van der Waals surface area contributed by atoms with Gasteiger partial charge in [0.05, 0.1) is 19.0 Å². The van der Waals surface area contributed by atoms with Crippen LogP contribution in [0.1, 0.15) is 32.2 Å². The van der Waals surface area contributed by atoms with Crippen molar-refractivity contribution >= 4 is 17.7 Å². The molecule has 1 aromatic carbocycles. The summed E-state index contributed by atoms with van der Waals surface area (Å²) >= 11 is 1.44. The zero-order chi connectivity index (χ0) is 20.7. The molecule has 1 fully saturated rings. The second kappa shape index (κ2) is 10.2. The summed E-state index contributed by atoms with van der Waals surface area (Å²) in [5.41, 5.74) is 1.12. The zero-order valence-electron chi connectivity index (χ0n) is 17.6. The molecule has 1 N–H and O–H groups in total. The quantitative estimate of drug-likeness (QED) is 0.631. The molecule has 0 atom stereocenters. The summed E-state index contributed by atoms with van der Waals surface area (Å²) in [7, 11) is 0. The van der Waals surface area contributed by atoms with Crippen molar-refractivity contribution in [2.75, 3.05) is 38.6 Å². The average Bonchev–Trinajstić information content (AvgIpc) is 3.13. The Morgan fingerprint density at radius 3 is 2.62 bits per heavy atom. The first-order valence-corrected chi connectivity index (χ1v) is 11.2. The minimum Gasteiger partial charge on any atom is -0.379 e. The molecule has 1 aromatic heterocycles. The molecule has 2 aromatic rings. The maximum atomic E-state index is 12.4. The van der Waals surface area contributed by atoms with Crippen LogP contribution in [0.15, 0.2) is 35.5 Å². The van der Waals surface area contributed by atoms with Gasteiger partial charge in [-0.1, -0.05) is 42.1 Å². The van der Waals surface area contributed by atoms with Gasteiger partial charge in [-0.15, -0.1) is 10.2 Å². The van der Waals surface area contributed by atoms with Gasteiger partial charge in [-0.25, -0.2) is 0 Å². The molecule has 3 rings (SSSR count). The number of amides is 1. The standard InChI is InChI=1S/C21H31N5O2S/c1-4-26-18(14-17-8-6-5-7-9-17)23-24-20(26)29-15-19(27)22-16-21(2,3)25-10-12-28-13-11-25/h5-9H,4,10-16H2,1-3H3,(H,22,27). The van der Waals surface area contributed by atoms with Gasteiger partial charge in [0.2, 0.25) is 5.91 Å². The number of carbonyl (C=O) groups is 1. The summed E-state index contributed by atoms with van der Waals surface area (Å²) in [5.74, 6) is 1.28. The lowest BCUT2D eigenvalue weighted by Gasteiger charge is -2.40. The molecular weight excluding hydrogens is 386 g/mol. The minimum absolute atomic E-state index is 0.0200. The van der Waals surface area contributed by atoms with Gasteiger partial charge >= 0.3 is 0 Å². The van der Waals surface area contributed by atoms with Crippen molar-refractivity contribution in [3.8, 4) is 0 Å². The topological polar surface area (TPSA) is 72.3 Å². The van der Waals surface area contributed by atoms with Gasteiger partial charge < -0.3 is 14.6 Å². The number of carbonyl (C=O) groups excluding carboxylic acids is 1. The lowest BCUT2D eigenvalue weighted by atomic mass is 10.0. The van der Waals surface area contributed by atoms with Crippen LogP contribution in [0.3, 0.4) is 0 Å². The van der Waals surface area contributed by atoms with Crippen LogP contribution in [0, 0.1) is 0 Å². The first-order chi connectivity index (χ1) is 14.0. The van der Waals surface area contributed by atoms with E-state index in [0.717, 1.165) is 50.2 Å². The van der Waals surface area contributed by atoms with E-state index in [4.69, 9.17) is 4.74 Å². The van der Waals surface area contributed by atoms with Crippen molar-refractivity contribution in [1.82, 2.24) is 25.0 Å². The third-order valence-corrected chi connectivity index (χ3v) is 6.20. The number of hydrogen-bond donors (Lipinski definition) is 1. The Kier molecular flexibility index (Phi) is 7.69. The van der Waals surface area contributed by atoms with E-state index < -0.39 is 0 Å². The largest absolute Gasteiger partial charge is 0.379 e.